The van der Waals surface area contributed by atoms with Crippen LogP contribution in [0, 0.1) is 5.92 Å². The molecule has 0 radical (unpaired) electrons. The van der Waals surface area contributed by atoms with Crippen molar-refractivity contribution in [3.63, 3.8) is 0 Å². The number of rotatable bonds is 4. The average Bonchev–Trinajstić information content (AvgIpc) is 2.77. The third-order valence-electron chi connectivity index (χ3n) is 4.35. The Kier molecular flexibility index (Phi) is 4.62. The van der Waals surface area contributed by atoms with Crippen LogP contribution in [0.25, 0.3) is 0 Å². The number of hydrogen-bond donors (Lipinski definition) is 2. The molecule has 0 aromatic carbocycles. The van der Waals surface area contributed by atoms with E-state index in [2.05, 4.69) is 5.32 Å². The number of methoxy groups -OCH3 is 1. The van der Waals surface area contributed by atoms with Crippen molar-refractivity contribution in [3.8, 4) is 0 Å². The molecule has 0 amide bonds. The topological polar surface area (TPSA) is 41.5 Å². The minimum atomic E-state index is 0.352. The van der Waals surface area contributed by atoms with Gasteiger partial charge in [0.1, 0.15) is 0 Å². The van der Waals surface area contributed by atoms with Gasteiger partial charge in [-0.1, -0.05) is 6.42 Å². The molecule has 2 N–H and O–H groups in total. The summed E-state index contributed by atoms with van der Waals surface area (Å²) < 4.78 is 5.38. The molecule has 16 heavy (non-hydrogen) atoms. The first-order valence-corrected chi connectivity index (χ1v) is 6.73. The largest absolute Gasteiger partial charge is 0.396 e. The molecule has 0 spiro atoms. The highest BCUT2D eigenvalue weighted by Gasteiger charge is 2.30. The van der Waals surface area contributed by atoms with Crippen LogP contribution >= 0.6 is 0 Å². The zero-order chi connectivity index (χ0) is 11.4. The molecule has 2 aliphatic rings. The van der Waals surface area contributed by atoms with Crippen molar-refractivity contribution in [2.75, 3.05) is 13.7 Å². The molecule has 0 aromatic rings. The van der Waals surface area contributed by atoms with E-state index in [4.69, 9.17) is 4.74 Å². The average molecular weight is 227 g/mol. The van der Waals surface area contributed by atoms with Crippen LogP contribution in [0.1, 0.15) is 44.9 Å². The standard InChI is InChI=1S/C13H25NO2/c1-16-12-7-5-11(6-8-12)14-13-4-2-3-10(13)9-15/h10-15H,2-9H2,1H3. The van der Waals surface area contributed by atoms with E-state index in [-0.39, 0.29) is 0 Å². The van der Waals surface area contributed by atoms with Gasteiger partial charge in [-0.15, -0.1) is 0 Å². The summed E-state index contributed by atoms with van der Waals surface area (Å²) in [5.41, 5.74) is 0. The maximum absolute atomic E-state index is 9.29. The van der Waals surface area contributed by atoms with Crippen molar-refractivity contribution in [2.45, 2.75) is 63.1 Å². The SMILES string of the molecule is COC1CCC(NC2CCCC2CO)CC1. The first-order valence-electron chi connectivity index (χ1n) is 6.73. The van der Waals surface area contributed by atoms with Crippen LogP contribution in [-0.2, 0) is 4.74 Å². The molecule has 3 nitrogen and oxygen atoms in total. The summed E-state index contributed by atoms with van der Waals surface area (Å²) >= 11 is 0. The molecule has 3 heteroatoms. The van der Waals surface area contributed by atoms with Crippen molar-refractivity contribution in [1.29, 1.82) is 0 Å². The van der Waals surface area contributed by atoms with Crippen LogP contribution in [0.2, 0.25) is 0 Å². The molecule has 0 saturated heterocycles. The molecule has 2 saturated carbocycles. The number of ether oxygens (including phenoxy) is 1. The van der Waals surface area contributed by atoms with E-state index in [1.165, 1.54) is 44.9 Å². The number of aliphatic hydroxyl groups is 1. The maximum atomic E-state index is 9.29. The van der Waals surface area contributed by atoms with E-state index in [1.807, 2.05) is 7.11 Å². The van der Waals surface area contributed by atoms with Crippen LogP contribution in [0.4, 0.5) is 0 Å². The number of nitrogens with one attached hydrogen (secondary N) is 1. The van der Waals surface area contributed by atoms with Crippen molar-refractivity contribution in [3.05, 3.63) is 0 Å². The summed E-state index contributed by atoms with van der Waals surface area (Å²) in [6.45, 7) is 0.352. The van der Waals surface area contributed by atoms with E-state index in [0.717, 1.165) is 0 Å². The lowest BCUT2D eigenvalue weighted by atomic mass is 9.91. The Morgan fingerprint density at radius 1 is 1.12 bits per heavy atom. The van der Waals surface area contributed by atoms with Crippen molar-refractivity contribution in [1.82, 2.24) is 5.32 Å². The second-order valence-electron chi connectivity index (χ2n) is 5.36. The molecule has 2 unspecified atom stereocenters. The fourth-order valence-electron chi connectivity index (χ4n) is 3.24. The second-order valence-corrected chi connectivity index (χ2v) is 5.36. The molecular formula is C13H25NO2. The summed E-state index contributed by atoms with van der Waals surface area (Å²) in [5, 5.41) is 13.0. The van der Waals surface area contributed by atoms with Crippen LogP contribution in [0.5, 0.6) is 0 Å². The van der Waals surface area contributed by atoms with Gasteiger partial charge in [0.05, 0.1) is 6.10 Å². The monoisotopic (exact) mass is 227 g/mol. The molecule has 2 fully saturated rings. The Hall–Kier alpha value is -0.120. The minimum absolute atomic E-state index is 0.352. The molecular weight excluding hydrogens is 202 g/mol. The first-order chi connectivity index (χ1) is 7.83. The summed E-state index contributed by atoms with van der Waals surface area (Å²) in [5.74, 6) is 0.500. The van der Waals surface area contributed by atoms with Crippen molar-refractivity contribution in [2.24, 2.45) is 5.92 Å². The minimum Gasteiger partial charge on any atom is -0.396 e. The normalized spacial score (nSPS) is 40.1. The van der Waals surface area contributed by atoms with Crippen molar-refractivity contribution >= 4 is 0 Å². The van der Waals surface area contributed by atoms with Gasteiger partial charge in [-0.2, -0.15) is 0 Å². The molecule has 2 aliphatic carbocycles. The summed E-state index contributed by atoms with van der Waals surface area (Å²) in [7, 11) is 1.82. The Labute approximate surface area is 98.6 Å². The predicted molar refractivity (Wildman–Crippen MR) is 64.4 cm³/mol. The van der Waals surface area contributed by atoms with E-state index >= 15 is 0 Å². The van der Waals surface area contributed by atoms with E-state index in [0.29, 0.717) is 30.7 Å². The van der Waals surface area contributed by atoms with Gasteiger partial charge in [0.25, 0.3) is 0 Å². The smallest absolute Gasteiger partial charge is 0.0572 e. The van der Waals surface area contributed by atoms with Crippen LogP contribution in [0.15, 0.2) is 0 Å². The van der Waals surface area contributed by atoms with Crippen LogP contribution in [-0.4, -0.2) is 37.0 Å². The Morgan fingerprint density at radius 3 is 2.50 bits per heavy atom. The van der Waals surface area contributed by atoms with E-state index in [1.54, 1.807) is 0 Å². The fraction of sp³-hybridized carbons (Fsp3) is 1.00. The van der Waals surface area contributed by atoms with Gasteiger partial charge < -0.3 is 15.2 Å². The summed E-state index contributed by atoms with van der Waals surface area (Å²) in [6, 6.07) is 1.22. The lowest BCUT2D eigenvalue weighted by Gasteiger charge is -2.32. The van der Waals surface area contributed by atoms with Gasteiger partial charge in [0.15, 0.2) is 0 Å². The van der Waals surface area contributed by atoms with Gasteiger partial charge >= 0.3 is 0 Å². The van der Waals surface area contributed by atoms with E-state index < -0.39 is 0 Å². The first kappa shape index (κ1) is 12.3. The lowest BCUT2D eigenvalue weighted by molar-refractivity contribution is 0.0595. The number of aliphatic hydroxyl groups excluding tert-OH is 1. The molecule has 0 heterocycles. The molecule has 2 rings (SSSR count). The highest BCUT2D eigenvalue weighted by molar-refractivity contribution is 4.87. The maximum Gasteiger partial charge on any atom is 0.0572 e. The third kappa shape index (κ3) is 2.96. The Balaban J connectivity index is 1.73. The quantitative estimate of drug-likeness (QED) is 0.768. The van der Waals surface area contributed by atoms with Gasteiger partial charge in [-0.05, 0) is 44.4 Å². The van der Waals surface area contributed by atoms with Crippen molar-refractivity contribution < 1.29 is 9.84 Å². The molecule has 94 valence electrons. The van der Waals surface area contributed by atoms with E-state index in [9.17, 15) is 5.11 Å². The van der Waals surface area contributed by atoms with Crippen LogP contribution in [0.3, 0.4) is 0 Å². The van der Waals surface area contributed by atoms with Gasteiger partial charge in [-0.25, -0.2) is 0 Å². The van der Waals surface area contributed by atoms with Crippen LogP contribution < -0.4 is 5.32 Å². The predicted octanol–water partition coefficient (Wildman–Crippen LogP) is 1.69. The Bertz CT molecular complexity index is 202. The van der Waals surface area contributed by atoms with Gasteiger partial charge in [-0.3, -0.25) is 0 Å². The highest BCUT2D eigenvalue weighted by Crippen LogP contribution is 2.28. The summed E-state index contributed by atoms with van der Waals surface area (Å²) in [6.07, 6.45) is 9.03. The zero-order valence-corrected chi connectivity index (χ0v) is 10.3. The fourth-order valence-corrected chi connectivity index (χ4v) is 3.24. The molecule has 0 bridgehead atoms. The van der Waals surface area contributed by atoms with Gasteiger partial charge in [0.2, 0.25) is 0 Å². The molecule has 0 aliphatic heterocycles. The third-order valence-corrected chi connectivity index (χ3v) is 4.35. The van der Waals surface area contributed by atoms with Gasteiger partial charge in [0, 0.05) is 25.8 Å². The second kappa shape index (κ2) is 5.99. The number of hydrogen-bond acceptors (Lipinski definition) is 3. The highest BCUT2D eigenvalue weighted by atomic mass is 16.5. The summed E-state index contributed by atoms with van der Waals surface area (Å²) in [4.78, 5) is 0. The molecule has 0 aromatic heterocycles. The lowest BCUT2D eigenvalue weighted by Crippen LogP contribution is -2.43. The Morgan fingerprint density at radius 2 is 1.88 bits per heavy atom. The molecule has 2 atom stereocenters. The zero-order valence-electron chi connectivity index (χ0n) is 10.3.